The Hall–Kier alpha value is -1.92. The van der Waals surface area contributed by atoms with E-state index in [1.165, 1.54) is 0 Å². The van der Waals surface area contributed by atoms with Gasteiger partial charge in [0.25, 0.3) is 0 Å². The first kappa shape index (κ1) is 19.4. The Morgan fingerprint density at radius 1 is 1.28 bits per heavy atom. The van der Waals surface area contributed by atoms with Gasteiger partial charge < -0.3 is 15.2 Å². The number of carbonyl (C=O) groups excluding carboxylic acids is 1. The normalized spacial score (nSPS) is 17.2. The number of hydrogen-bond acceptors (Lipinski definition) is 4. The van der Waals surface area contributed by atoms with Crippen molar-refractivity contribution in [3.8, 4) is 0 Å². The molecule has 1 aromatic carbocycles. The highest BCUT2D eigenvalue weighted by atomic mass is 16.5. The molecule has 0 saturated carbocycles. The van der Waals surface area contributed by atoms with Crippen LogP contribution in [0.5, 0.6) is 0 Å². The summed E-state index contributed by atoms with van der Waals surface area (Å²) < 4.78 is 5.78. The molecule has 0 spiro atoms. The number of piperidine rings is 1. The number of hydrogen-bond donors (Lipinski definition) is 2. The van der Waals surface area contributed by atoms with Gasteiger partial charge in [-0.2, -0.15) is 0 Å². The van der Waals surface area contributed by atoms with Crippen molar-refractivity contribution in [3.63, 3.8) is 0 Å². The second kappa shape index (κ2) is 10.2. The van der Waals surface area contributed by atoms with E-state index in [1.807, 2.05) is 42.2 Å². The van der Waals surface area contributed by atoms with Crippen molar-refractivity contribution in [1.29, 1.82) is 0 Å². The number of ether oxygens (including phenoxy) is 1. The van der Waals surface area contributed by atoms with Crippen molar-refractivity contribution in [3.05, 3.63) is 35.9 Å². The highest BCUT2D eigenvalue weighted by Gasteiger charge is 2.25. The van der Waals surface area contributed by atoms with E-state index in [-0.39, 0.29) is 17.9 Å². The fraction of sp³-hybridized carbons (Fsp3) is 0.579. The molecule has 1 atom stereocenters. The van der Waals surface area contributed by atoms with Crippen molar-refractivity contribution in [2.24, 2.45) is 5.92 Å². The second-order valence-corrected chi connectivity index (χ2v) is 6.52. The maximum atomic E-state index is 11.9. The van der Waals surface area contributed by atoms with Gasteiger partial charge in [-0.15, -0.1) is 0 Å². The number of carboxylic acids is 1. The Kier molecular flexibility index (Phi) is 7.88. The molecule has 2 N–H and O–H groups in total. The molecule has 0 radical (unpaired) electrons. The quantitative estimate of drug-likeness (QED) is 0.668. The number of nitrogens with one attached hydrogen (secondary N) is 1. The van der Waals surface area contributed by atoms with E-state index in [0.29, 0.717) is 45.6 Å². The Morgan fingerprint density at radius 2 is 1.96 bits per heavy atom. The van der Waals surface area contributed by atoms with Crippen LogP contribution in [0.3, 0.4) is 0 Å². The standard InChI is InChI=1S/C19H28N2O4/c1-15(16-6-3-2-4-7-16)25-13-5-10-20-18(22)14-21-11-8-17(9-12-21)19(23)24/h2-4,6-7,15,17H,5,8-14H2,1H3,(H,20,22)(H,23,24). The Labute approximate surface area is 149 Å². The predicted molar refractivity (Wildman–Crippen MR) is 95.2 cm³/mol. The number of amides is 1. The van der Waals surface area contributed by atoms with Crippen molar-refractivity contribution < 1.29 is 19.4 Å². The van der Waals surface area contributed by atoms with Crippen LogP contribution >= 0.6 is 0 Å². The van der Waals surface area contributed by atoms with Gasteiger partial charge in [0.05, 0.1) is 18.6 Å². The summed E-state index contributed by atoms with van der Waals surface area (Å²) in [5.41, 5.74) is 1.15. The van der Waals surface area contributed by atoms with Crippen molar-refractivity contribution in [2.75, 3.05) is 32.8 Å². The average Bonchev–Trinajstić information content (AvgIpc) is 2.62. The molecule has 0 bridgehead atoms. The average molecular weight is 348 g/mol. The molecule has 1 aliphatic heterocycles. The summed E-state index contributed by atoms with van der Waals surface area (Å²) >= 11 is 0. The summed E-state index contributed by atoms with van der Waals surface area (Å²) in [5.74, 6) is -0.998. The Morgan fingerprint density at radius 3 is 2.60 bits per heavy atom. The molecule has 0 aliphatic carbocycles. The smallest absolute Gasteiger partial charge is 0.306 e. The lowest BCUT2D eigenvalue weighted by Gasteiger charge is -2.29. The molecular weight excluding hydrogens is 320 g/mol. The van der Waals surface area contributed by atoms with Crippen LogP contribution in [-0.2, 0) is 14.3 Å². The first-order valence-corrected chi connectivity index (χ1v) is 8.94. The van der Waals surface area contributed by atoms with Crippen LogP contribution in [-0.4, -0.2) is 54.7 Å². The summed E-state index contributed by atoms with van der Waals surface area (Å²) in [7, 11) is 0. The fourth-order valence-corrected chi connectivity index (χ4v) is 2.98. The van der Waals surface area contributed by atoms with Gasteiger partial charge in [0.1, 0.15) is 0 Å². The highest BCUT2D eigenvalue weighted by Crippen LogP contribution is 2.17. The van der Waals surface area contributed by atoms with Crippen LogP contribution < -0.4 is 5.32 Å². The van der Waals surface area contributed by atoms with Gasteiger partial charge in [0.2, 0.25) is 5.91 Å². The zero-order chi connectivity index (χ0) is 18.1. The summed E-state index contributed by atoms with van der Waals surface area (Å²) in [6.07, 6.45) is 2.05. The second-order valence-electron chi connectivity index (χ2n) is 6.52. The van der Waals surface area contributed by atoms with Crippen LogP contribution in [0.15, 0.2) is 30.3 Å². The van der Waals surface area contributed by atoms with E-state index in [4.69, 9.17) is 9.84 Å². The minimum Gasteiger partial charge on any atom is -0.481 e. The van der Waals surface area contributed by atoms with Gasteiger partial charge >= 0.3 is 5.97 Å². The maximum Gasteiger partial charge on any atom is 0.306 e. The summed E-state index contributed by atoms with van der Waals surface area (Å²) in [6, 6.07) is 10.1. The minimum absolute atomic E-state index is 0.00937. The molecule has 0 aromatic heterocycles. The third-order valence-corrected chi connectivity index (χ3v) is 4.58. The predicted octanol–water partition coefficient (Wildman–Crippen LogP) is 2.07. The summed E-state index contributed by atoms with van der Waals surface area (Å²) in [5, 5.41) is 11.9. The first-order valence-electron chi connectivity index (χ1n) is 8.94. The van der Waals surface area contributed by atoms with Crippen LogP contribution in [0.2, 0.25) is 0 Å². The Balaban J connectivity index is 1.53. The highest BCUT2D eigenvalue weighted by molar-refractivity contribution is 5.78. The molecule has 1 unspecified atom stereocenters. The molecule has 2 rings (SSSR count). The number of carbonyl (C=O) groups is 2. The van der Waals surface area contributed by atoms with E-state index in [2.05, 4.69) is 5.32 Å². The number of aliphatic carboxylic acids is 1. The van der Waals surface area contributed by atoms with E-state index in [9.17, 15) is 9.59 Å². The Bertz CT molecular complexity index is 542. The van der Waals surface area contributed by atoms with Crippen molar-refractivity contribution in [1.82, 2.24) is 10.2 Å². The lowest BCUT2D eigenvalue weighted by molar-refractivity contribution is -0.143. The number of carboxylic acid groups (broad SMARTS) is 1. The first-order chi connectivity index (χ1) is 12.1. The number of likely N-dealkylation sites (tertiary alicyclic amines) is 1. The number of rotatable bonds is 9. The van der Waals surface area contributed by atoms with Gasteiger partial charge in [0, 0.05) is 13.2 Å². The monoisotopic (exact) mass is 348 g/mol. The number of nitrogens with zero attached hydrogens (tertiary/aromatic N) is 1. The zero-order valence-electron chi connectivity index (χ0n) is 14.8. The SMILES string of the molecule is CC(OCCCNC(=O)CN1CCC(C(=O)O)CC1)c1ccccc1. The topological polar surface area (TPSA) is 78.9 Å². The molecule has 1 heterocycles. The van der Waals surface area contributed by atoms with Gasteiger partial charge in [-0.3, -0.25) is 14.5 Å². The van der Waals surface area contributed by atoms with E-state index in [0.717, 1.165) is 12.0 Å². The number of benzene rings is 1. The van der Waals surface area contributed by atoms with Gasteiger partial charge in [-0.25, -0.2) is 0 Å². The van der Waals surface area contributed by atoms with Gasteiger partial charge in [-0.05, 0) is 44.8 Å². The molecule has 1 amide bonds. The van der Waals surface area contributed by atoms with Crippen molar-refractivity contribution in [2.45, 2.75) is 32.3 Å². The zero-order valence-corrected chi connectivity index (χ0v) is 14.8. The molecule has 25 heavy (non-hydrogen) atoms. The molecule has 138 valence electrons. The maximum absolute atomic E-state index is 11.9. The third kappa shape index (κ3) is 6.84. The summed E-state index contributed by atoms with van der Waals surface area (Å²) in [6.45, 7) is 4.89. The van der Waals surface area contributed by atoms with Gasteiger partial charge in [0.15, 0.2) is 0 Å². The third-order valence-electron chi connectivity index (χ3n) is 4.58. The van der Waals surface area contributed by atoms with Crippen LogP contribution in [0.4, 0.5) is 0 Å². The molecule has 6 heteroatoms. The molecule has 1 aliphatic rings. The van der Waals surface area contributed by atoms with Gasteiger partial charge in [-0.1, -0.05) is 30.3 Å². The lowest BCUT2D eigenvalue weighted by atomic mass is 9.97. The molecule has 6 nitrogen and oxygen atoms in total. The molecule has 1 saturated heterocycles. The van der Waals surface area contributed by atoms with Crippen LogP contribution in [0.1, 0.15) is 37.9 Å². The van der Waals surface area contributed by atoms with E-state index in [1.54, 1.807) is 0 Å². The largest absolute Gasteiger partial charge is 0.481 e. The van der Waals surface area contributed by atoms with E-state index < -0.39 is 5.97 Å². The van der Waals surface area contributed by atoms with Crippen molar-refractivity contribution >= 4 is 11.9 Å². The molecule has 1 fully saturated rings. The molecular formula is C19H28N2O4. The van der Waals surface area contributed by atoms with Crippen LogP contribution in [0.25, 0.3) is 0 Å². The van der Waals surface area contributed by atoms with Crippen LogP contribution in [0, 0.1) is 5.92 Å². The van der Waals surface area contributed by atoms with E-state index >= 15 is 0 Å². The lowest BCUT2D eigenvalue weighted by Crippen LogP contribution is -2.42. The summed E-state index contributed by atoms with van der Waals surface area (Å²) in [4.78, 5) is 24.9. The fourth-order valence-electron chi connectivity index (χ4n) is 2.98. The minimum atomic E-state index is -0.728. The molecule has 1 aromatic rings.